The summed E-state index contributed by atoms with van der Waals surface area (Å²) in [4.78, 5) is 2.24. The Bertz CT molecular complexity index is 1430. The average Bonchev–Trinajstić information content (AvgIpc) is 3.27. The van der Waals surface area contributed by atoms with Crippen molar-refractivity contribution in [3.63, 3.8) is 0 Å². The van der Waals surface area contributed by atoms with Crippen molar-refractivity contribution in [3.8, 4) is 0 Å². The molecule has 0 amide bonds. The largest absolute Gasteiger partial charge is 1.00 e. The highest BCUT2D eigenvalue weighted by molar-refractivity contribution is 6.32. The number of aliphatic hydroxyl groups is 2. The third-order valence-electron chi connectivity index (χ3n) is 8.59. The second-order valence-corrected chi connectivity index (χ2v) is 12.1. The van der Waals surface area contributed by atoms with Crippen molar-refractivity contribution in [1.82, 2.24) is 0 Å². The number of allylic oxidation sites excluding steroid dienone is 8. The van der Waals surface area contributed by atoms with Crippen molar-refractivity contribution in [2.75, 3.05) is 31.2 Å². The summed E-state index contributed by atoms with van der Waals surface area (Å²) in [6.45, 7) is 10.3. The number of fused-ring (bicyclic) bond motifs is 2. The second-order valence-electron chi connectivity index (χ2n) is 11.7. The lowest BCUT2D eigenvalue weighted by atomic mass is 9.81. The Morgan fingerprint density at radius 2 is 1.57 bits per heavy atom. The van der Waals surface area contributed by atoms with Crippen molar-refractivity contribution >= 4 is 28.7 Å². The van der Waals surface area contributed by atoms with Crippen LogP contribution in [0, 0.1) is 0 Å². The van der Waals surface area contributed by atoms with Gasteiger partial charge in [0.15, 0.2) is 12.3 Å². The standard InChI is InChI=1S/C34H40ClN2O2.HI/c1-33(2)26-12-5-7-14-28(26)36(20-22-38)30(33)18-16-24-10-9-11-25(32(24)35)17-19-31-34(3,4)27-13-6-8-15-29(27)37(31)21-23-39;/h5-8,12-19,38-39H,9-11,20-23H2,1-4H3;1H/q+1;/p-1. The van der Waals surface area contributed by atoms with Gasteiger partial charge in [0, 0.05) is 46.1 Å². The summed E-state index contributed by atoms with van der Waals surface area (Å²) in [5.74, 6) is 0. The molecule has 4 nitrogen and oxygen atoms in total. The smallest absolute Gasteiger partial charge is 0.209 e. The van der Waals surface area contributed by atoms with Gasteiger partial charge in [0.25, 0.3) is 0 Å². The molecule has 40 heavy (non-hydrogen) atoms. The van der Waals surface area contributed by atoms with Gasteiger partial charge in [0.05, 0.1) is 12.0 Å². The van der Waals surface area contributed by atoms with Crippen LogP contribution in [-0.2, 0) is 10.8 Å². The number of para-hydroxylation sites is 2. The molecule has 0 radical (unpaired) electrons. The minimum Gasteiger partial charge on any atom is -1.00 e. The van der Waals surface area contributed by atoms with E-state index >= 15 is 0 Å². The molecule has 0 saturated heterocycles. The first-order valence-electron chi connectivity index (χ1n) is 14.0. The van der Waals surface area contributed by atoms with Crippen LogP contribution in [0.5, 0.6) is 0 Å². The zero-order valence-electron chi connectivity index (χ0n) is 23.9. The van der Waals surface area contributed by atoms with E-state index in [9.17, 15) is 10.2 Å². The molecular formula is C34H40ClIN2O2. The zero-order valence-corrected chi connectivity index (χ0v) is 26.8. The number of aliphatic hydroxyl groups excluding tert-OH is 2. The van der Waals surface area contributed by atoms with Crippen LogP contribution in [0.3, 0.4) is 0 Å². The fourth-order valence-electron chi connectivity index (χ4n) is 6.53. The van der Waals surface area contributed by atoms with Crippen molar-refractivity contribution in [3.05, 3.63) is 106 Å². The highest BCUT2D eigenvalue weighted by Gasteiger charge is 2.44. The highest BCUT2D eigenvalue weighted by Crippen LogP contribution is 2.47. The fraction of sp³-hybridized carbons (Fsp3) is 0.382. The number of benzene rings is 2. The molecule has 2 aromatic rings. The normalized spacial score (nSPS) is 21.4. The minimum atomic E-state index is -0.160. The molecule has 0 unspecified atom stereocenters. The molecule has 2 N–H and O–H groups in total. The van der Waals surface area contributed by atoms with E-state index in [-0.39, 0.29) is 48.0 Å². The van der Waals surface area contributed by atoms with Crippen LogP contribution in [0.25, 0.3) is 0 Å². The lowest BCUT2D eigenvalue weighted by Gasteiger charge is -2.26. The first-order chi connectivity index (χ1) is 18.7. The van der Waals surface area contributed by atoms with Crippen molar-refractivity contribution < 1.29 is 38.8 Å². The Morgan fingerprint density at radius 3 is 2.30 bits per heavy atom. The Balaban J connectivity index is 0.00000370. The number of rotatable bonds is 7. The van der Waals surface area contributed by atoms with Crippen LogP contribution < -0.4 is 28.9 Å². The third-order valence-corrected chi connectivity index (χ3v) is 9.07. The van der Waals surface area contributed by atoms with Crippen LogP contribution in [0.15, 0.2) is 94.7 Å². The maximum atomic E-state index is 9.79. The van der Waals surface area contributed by atoms with Gasteiger partial charge < -0.3 is 39.1 Å². The predicted octanol–water partition coefficient (Wildman–Crippen LogP) is 3.89. The van der Waals surface area contributed by atoms with Gasteiger partial charge >= 0.3 is 0 Å². The third kappa shape index (κ3) is 5.38. The van der Waals surface area contributed by atoms with Gasteiger partial charge in [0.2, 0.25) is 5.69 Å². The van der Waals surface area contributed by atoms with Crippen molar-refractivity contribution in [1.29, 1.82) is 0 Å². The van der Waals surface area contributed by atoms with Gasteiger partial charge in [-0.15, -0.1) is 0 Å². The molecule has 3 aliphatic rings. The minimum absolute atomic E-state index is 0. The molecule has 0 spiro atoms. The Kier molecular flexibility index (Phi) is 9.50. The summed E-state index contributed by atoms with van der Waals surface area (Å²) in [5.41, 5.74) is 9.23. The average molecular weight is 671 g/mol. The summed E-state index contributed by atoms with van der Waals surface area (Å²) >= 11 is 7.05. The van der Waals surface area contributed by atoms with Gasteiger partial charge in [-0.25, -0.2) is 0 Å². The highest BCUT2D eigenvalue weighted by atomic mass is 127. The van der Waals surface area contributed by atoms with Crippen LogP contribution in [-0.4, -0.2) is 46.8 Å². The lowest BCUT2D eigenvalue weighted by molar-refractivity contribution is -0.441. The predicted molar refractivity (Wildman–Crippen MR) is 162 cm³/mol. The van der Waals surface area contributed by atoms with E-state index in [1.54, 1.807) is 0 Å². The lowest BCUT2D eigenvalue weighted by Crippen LogP contribution is -3.00. The Labute approximate surface area is 261 Å². The number of hydrogen-bond donors (Lipinski definition) is 2. The van der Waals surface area contributed by atoms with Crippen LogP contribution in [0.4, 0.5) is 11.4 Å². The fourth-order valence-corrected chi connectivity index (χ4v) is 6.85. The number of nitrogens with zero attached hydrogens (tertiary/aromatic N) is 2. The molecule has 5 rings (SSSR count). The van der Waals surface area contributed by atoms with Gasteiger partial charge in [-0.1, -0.05) is 74.0 Å². The molecule has 2 aromatic carbocycles. The Hall–Kier alpha value is -2.19. The molecule has 0 aromatic heterocycles. The van der Waals surface area contributed by atoms with Gasteiger partial charge in [0.1, 0.15) is 6.61 Å². The number of halogens is 2. The molecule has 2 aliphatic heterocycles. The molecule has 0 atom stereocenters. The van der Waals surface area contributed by atoms with E-state index in [0.717, 1.165) is 35.4 Å². The van der Waals surface area contributed by atoms with E-state index in [1.807, 2.05) is 0 Å². The van der Waals surface area contributed by atoms with Crippen molar-refractivity contribution in [2.24, 2.45) is 0 Å². The van der Waals surface area contributed by atoms with Gasteiger partial charge in [-0.05, 0) is 62.0 Å². The maximum Gasteiger partial charge on any atom is 0.209 e. The quantitative estimate of drug-likeness (QED) is 0.348. The van der Waals surface area contributed by atoms with Crippen molar-refractivity contribution in [2.45, 2.75) is 57.8 Å². The number of hydrogen-bond acceptors (Lipinski definition) is 3. The summed E-state index contributed by atoms with van der Waals surface area (Å²) in [5, 5.41) is 20.4. The molecular weight excluding hydrogens is 631 g/mol. The molecule has 0 bridgehead atoms. The monoisotopic (exact) mass is 670 g/mol. The first kappa shape index (κ1) is 30.8. The van der Waals surface area contributed by atoms with E-state index in [4.69, 9.17) is 11.6 Å². The first-order valence-corrected chi connectivity index (χ1v) is 14.4. The SMILES string of the molecule is CC1(C)C(/C=C/C2=C(Cl)C(=C/C=C3/N(CCO)c4ccccc4C3(C)C)/CCC2)=[N+](CCO)c2ccccc21.[I-]. The molecule has 1 aliphatic carbocycles. The maximum absolute atomic E-state index is 9.79. The summed E-state index contributed by atoms with van der Waals surface area (Å²) in [7, 11) is 0. The van der Waals surface area contributed by atoms with Gasteiger partial charge in [-0.3, -0.25) is 0 Å². The zero-order chi connectivity index (χ0) is 27.8. The molecule has 6 heteroatoms. The second kappa shape index (κ2) is 12.4. The van der Waals surface area contributed by atoms with Crippen LogP contribution in [0.1, 0.15) is 58.1 Å². The van der Waals surface area contributed by atoms with Crippen LogP contribution in [0.2, 0.25) is 0 Å². The van der Waals surface area contributed by atoms with Crippen LogP contribution >= 0.6 is 11.6 Å². The molecule has 0 saturated carbocycles. The Morgan fingerprint density at radius 1 is 0.875 bits per heavy atom. The van der Waals surface area contributed by atoms with E-state index in [2.05, 4.69) is 110 Å². The van der Waals surface area contributed by atoms with E-state index in [1.165, 1.54) is 33.9 Å². The van der Waals surface area contributed by atoms with E-state index < -0.39 is 0 Å². The topological polar surface area (TPSA) is 46.7 Å². The molecule has 212 valence electrons. The summed E-state index contributed by atoms with van der Waals surface area (Å²) in [6, 6.07) is 16.9. The van der Waals surface area contributed by atoms with E-state index in [0.29, 0.717) is 13.1 Å². The molecule has 0 fully saturated rings. The van der Waals surface area contributed by atoms with Gasteiger partial charge in [-0.2, -0.15) is 4.58 Å². The summed E-state index contributed by atoms with van der Waals surface area (Å²) < 4.78 is 2.24. The number of β-amino-alcohol motifs (C(OH)–C–C–N with tert-alkyl or cyclic N) is 2. The molecule has 2 heterocycles. The number of anilines is 1. The summed E-state index contributed by atoms with van der Waals surface area (Å²) in [6.07, 6.45) is 11.7.